The van der Waals surface area contributed by atoms with Crippen molar-refractivity contribution in [2.24, 2.45) is 5.92 Å². The van der Waals surface area contributed by atoms with Gasteiger partial charge in [-0.2, -0.15) is 0 Å². The first-order chi connectivity index (χ1) is 12.0. The molecule has 0 aliphatic heterocycles. The molecule has 2 unspecified atom stereocenters. The molecule has 3 rings (SSSR count). The fraction of sp³-hybridized carbons (Fsp3) is 0.318. The fourth-order valence-corrected chi connectivity index (χ4v) is 3.87. The predicted octanol–water partition coefficient (Wildman–Crippen LogP) is 5.05. The summed E-state index contributed by atoms with van der Waals surface area (Å²) in [6.07, 6.45) is 3.72. The van der Waals surface area contributed by atoms with Crippen LogP contribution in [0.4, 0.5) is 0 Å². The molecular formula is C22H24ClNO. The van der Waals surface area contributed by atoms with E-state index in [1.54, 1.807) is 0 Å². The SMILES string of the molecule is CN(C)CC1CC(c2ccccc2)C/C(=C/c2cccc(Cl)c2)C1=O. The molecule has 2 aromatic carbocycles. The van der Waals surface area contributed by atoms with Crippen LogP contribution in [0.15, 0.2) is 60.2 Å². The summed E-state index contributed by atoms with van der Waals surface area (Å²) in [6.45, 7) is 0.787. The molecule has 1 aliphatic rings. The first-order valence-electron chi connectivity index (χ1n) is 8.73. The van der Waals surface area contributed by atoms with E-state index in [1.807, 2.05) is 50.5 Å². The third-order valence-corrected chi connectivity index (χ3v) is 5.00. The molecule has 1 fully saturated rings. The molecule has 0 aromatic heterocycles. The number of hydrogen-bond acceptors (Lipinski definition) is 2. The van der Waals surface area contributed by atoms with Crippen molar-refractivity contribution < 1.29 is 4.79 Å². The zero-order chi connectivity index (χ0) is 17.8. The number of carbonyl (C=O) groups is 1. The number of halogens is 1. The minimum atomic E-state index is 0.0411. The molecule has 0 saturated heterocycles. The number of carbonyl (C=O) groups excluding carboxylic acids is 1. The maximum atomic E-state index is 13.0. The normalized spacial score (nSPS) is 22.6. The minimum absolute atomic E-state index is 0.0411. The molecule has 1 aliphatic carbocycles. The van der Waals surface area contributed by atoms with Gasteiger partial charge in [-0.1, -0.05) is 54.1 Å². The third-order valence-electron chi connectivity index (χ3n) is 4.77. The van der Waals surface area contributed by atoms with E-state index < -0.39 is 0 Å². The molecule has 130 valence electrons. The van der Waals surface area contributed by atoms with E-state index >= 15 is 0 Å². The first-order valence-corrected chi connectivity index (χ1v) is 9.11. The Hall–Kier alpha value is -1.90. The second kappa shape index (κ2) is 7.99. The average molecular weight is 354 g/mol. The van der Waals surface area contributed by atoms with Crippen LogP contribution in [-0.2, 0) is 4.79 Å². The van der Waals surface area contributed by atoms with Gasteiger partial charge in [0.15, 0.2) is 5.78 Å². The summed E-state index contributed by atoms with van der Waals surface area (Å²) in [5.74, 6) is 0.703. The molecule has 2 nitrogen and oxygen atoms in total. The van der Waals surface area contributed by atoms with E-state index in [2.05, 4.69) is 29.2 Å². The number of hydrogen-bond donors (Lipinski definition) is 0. The summed E-state index contributed by atoms with van der Waals surface area (Å²) in [7, 11) is 4.06. The Morgan fingerprint density at radius 1 is 1.12 bits per heavy atom. The van der Waals surface area contributed by atoms with Crippen LogP contribution in [0.5, 0.6) is 0 Å². The topological polar surface area (TPSA) is 20.3 Å². The molecule has 3 heteroatoms. The first kappa shape index (κ1) is 17.9. The Morgan fingerprint density at radius 2 is 1.88 bits per heavy atom. The highest BCUT2D eigenvalue weighted by Gasteiger charge is 2.33. The second-order valence-electron chi connectivity index (χ2n) is 7.10. The summed E-state index contributed by atoms with van der Waals surface area (Å²) < 4.78 is 0. The molecule has 2 atom stereocenters. The van der Waals surface area contributed by atoms with Gasteiger partial charge in [-0.3, -0.25) is 4.79 Å². The van der Waals surface area contributed by atoms with Gasteiger partial charge < -0.3 is 4.90 Å². The summed E-state index contributed by atoms with van der Waals surface area (Å²) in [5, 5.41) is 0.696. The van der Waals surface area contributed by atoms with Crippen molar-refractivity contribution in [2.45, 2.75) is 18.8 Å². The van der Waals surface area contributed by atoms with Crippen molar-refractivity contribution in [1.82, 2.24) is 4.90 Å². The maximum absolute atomic E-state index is 13.0. The minimum Gasteiger partial charge on any atom is -0.309 e. The number of benzene rings is 2. The lowest BCUT2D eigenvalue weighted by atomic mass is 9.74. The maximum Gasteiger partial charge on any atom is 0.163 e. The molecule has 1 saturated carbocycles. The molecular weight excluding hydrogens is 330 g/mol. The predicted molar refractivity (Wildman–Crippen MR) is 105 cm³/mol. The molecule has 0 N–H and O–H groups in total. The van der Waals surface area contributed by atoms with Crippen molar-refractivity contribution in [3.63, 3.8) is 0 Å². The van der Waals surface area contributed by atoms with Crippen molar-refractivity contribution in [2.75, 3.05) is 20.6 Å². The summed E-state index contributed by atoms with van der Waals surface area (Å²) >= 11 is 6.10. The van der Waals surface area contributed by atoms with Gasteiger partial charge in [0.1, 0.15) is 0 Å². The Kier molecular flexibility index (Phi) is 5.72. The van der Waals surface area contributed by atoms with Gasteiger partial charge in [0.05, 0.1) is 0 Å². The van der Waals surface area contributed by atoms with Gasteiger partial charge in [-0.15, -0.1) is 0 Å². The Balaban J connectivity index is 1.93. The Bertz CT molecular complexity index is 767. The molecule has 2 aromatic rings. The van der Waals surface area contributed by atoms with Crippen LogP contribution in [0.2, 0.25) is 5.02 Å². The van der Waals surface area contributed by atoms with Gasteiger partial charge in [-0.05, 0) is 67.8 Å². The average Bonchev–Trinajstić information content (AvgIpc) is 2.59. The Morgan fingerprint density at radius 3 is 2.56 bits per heavy atom. The van der Waals surface area contributed by atoms with E-state index in [0.717, 1.165) is 30.5 Å². The lowest BCUT2D eigenvalue weighted by Crippen LogP contribution is -2.34. The van der Waals surface area contributed by atoms with E-state index in [1.165, 1.54) is 5.56 Å². The molecule has 0 spiro atoms. The van der Waals surface area contributed by atoms with Crippen LogP contribution in [0.25, 0.3) is 6.08 Å². The lowest BCUT2D eigenvalue weighted by molar-refractivity contribution is -0.121. The summed E-state index contributed by atoms with van der Waals surface area (Å²) in [5.41, 5.74) is 3.22. The van der Waals surface area contributed by atoms with Gasteiger partial charge in [0, 0.05) is 17.5 Å². The monoisotopic (exact) mass is 353 g/mol. The summed E-state index contributed by atoms with van der Waals surface area (Å²) in [4.78, 5) is 15.1. The van der Waals surface area contributed by atoms with E-state index in [9.17, 15) is 4.79 Å². The second-order valence-corrected chi connectivity index (χ2v) is 7.53. The number of rotatable bonds is 4. The smallest absolute Gasteiger partial charge is 0.163 e. The zero-order valence-corrected chi connectivity index (χ0v) is 15.5. The van der Waals surface area contributed by atoms with Crippen LogP contribution in [-0.4, -0.2) is 31.3 Å². The van der Waals surface area contributed by atoms with Crippen molar-refractivity contribution in [1.29, 1.82) is 0 Å². The highest BCUT2D eigenvalue weighted by molar-refractivity contribution is 6.30. The molecule has 0 amide bonds. The van der Waals surface area contributed by atoms with Gasteiger partial charge in [-0.25, -0.2) is 0 Å². The van der Waals surface area contributed by atoms with E-state index in [0.29, 0.717) is 10.9 Å². The van der Waals surface area contributed by atoms with Crippen molar-refractivity contribution >= 4 is 23.5 Å². The Labute approximate surface area is 155 Å². The van der Waals surface area contributed by atoms with Crippen LogP contribution in [0.3, 0.4) is 0 Å². The molecule has 0 radical (unpaired) electrons. The number of Topliss-reactive ketones (excluding diaryl/α,β-unsaturated/α-hetero) is 1. The molecule has 0 bridgehead atoms. The number of nitrogens with zero attached hydrogens (tertiary/aromatic N) is 1. The van der Waals surface area contributed by atoms with Crippen LogP contribution in [0, 0.1) is 5.92 Å². The third kappa shape index (κ3) is 4.59. The number of allylic oxidation sites excluding steroid dienone is 1. The van der Waals surface area contributed by atoms with Crippen molar-refractivity contribution in [3.8, 4) is 0 Å². The quantitative estimate of drug-likeness (QED) is 0.717. The standard InChI is InChI=1S/C22H24ClNO/c1-24(2)15-20-14-18(17-8-4-3-5-9-17)13-19(22(20)25)11-16-7-6-10-21(23)12-16/h3-12,18,20H,13-15H2,1-2H3/b19-11-. The van der Waals surface area contributed by atoms with E-state index in [4.69, 9.17) is 11.6 Å². The largest absolute Gasteiger partial charge is 0.309 e. The van der Waals surface area contributed by atoms with Crippen LogP contribution >= 0.6 is 11.6 Å². The van der Waals surface area contributed by atoms with Crippen LogP contribution in [0.1, 0.15) is 29.9 Å². The van der Waals surface area contributed by atoms with Gasteiger partial charge in [0.2, 0.25) is 0 Å². The molecule has 0 heterocycles. The number of ketones is 1. The fourth-order valence-electron chi connectivity index (χ4n) is 3.67. The highest BCUT2D eigenvalue weighted by Crippen LogP contribution is 2.38. The van der Waals surface area contributed by atoms with Crippen LogP contribution < -0.4 is 0 Å². The molecule has 25 heavy (non-hydrogen) atoms. The van der Waals surface area contributed by atoms with Gasteiger partial charge >= 0.3 is 0 Å². The zero-order valence-electron chi connectivity index (χ0n) is 14.8. The highest BCUT2D eigenvalue weighted by atomic mass is 35.5. The summed E-state index contributed by atoms with van der Waals surface area (Å²) in [6, 6.07) is 18.2. The van der Waals surface area contributed by atoms with Gasteiger partial charge in [0.25, 0.3) is 0 Å². The lowest BCUT2D eigenvalue weighted by Gasteiger charge is -2.32. The van der Waals surface area contributed by atoms with Crippen molar-refractivity contribution in [3.05, 3.63) is 76.3 Å². The van der Waals surface area contributed by atoms with E-state index in [-0.39, 0.29) is 11.7 Å².